The van der Waals surface area contributed by atoms with Crippen molar-refractivity contribution in [3.63, 3.8) is 0 Å². The zero-order valence-electron chi connectivity index (χ0n) is 12.8. The van der Waals surface area contributed by atoms with Crippen molar-refractivity contribution in [3.05, 3.63) is 52.0 Å². The van der Waals surface area contributed by atoms with Crippen LogP contribution in [0, 0.1) is 0 Å². The lowest BCUT2D eigenvalue weighted by Gasteiger charge is -2.24. The molecule has 2 aromatic carbocycles. The predicted molar refractivity (Wildman–Crippen MR) is 94.7 cm³/mol. The van der Waals surface area contributed by atoms with Crippen molar-refractivity contribution < 1.29 is 0 Å². The standard InChI is InChI=1S/C18H21BrSi/c1-18(2)16-10-12(19)6-8-14(16)15-9-7-13(11-17(15)18)20(3,4)5/h6-11H,1-5H3. The first-order valence-corrected chi connectivity index (χ1v) is 11.5. The molecule has 0 atom stereocenters. The molecule has 104 valence electrons. The Morgan fingerprint density at radius 2 is 1.40 bits per heavy atom. The molecule has 1 aliphatic carbocycles. The molecule has 0 radical (unpaired) electrons. The van der Waals surface area contributed by atoms with E-state index in [0.717, 1.165) is 0 Å². The Hall–Kier alpha value is -0.863. The molecule has 0 heterocycles. The fourth-order valence-electron chi connectivity index (χ4n) is 3.18. The zero-order valence-corrected chi connectivity index (χ0v) is 15.4. The van der Waals surface area contributed by atoms with Crippen LogP contribution < -0.4 is 5.19 Å². The summed E-state index contributed by atoms with van der Waals surface area (Å²) in [5.74, 6) is 0. The van der Waals surface area contributed by atoms with Gasteiger partial charge in [-0.1, -0.05) is 78.9 Å². The van der Waals surface area contributed by atoms with Crippen LogP contribution in [0.5, 0.6) is 0 Å². The van der Waals surface area contributed by atoms with Crippen LogP contribution in [0.2, 0.25) is 19.6 Å². The third-order valence-corrected chi connectivity index (χ3v) is 7.04. The normalized spacial score (nSPS) is 15.9. The van der Waals surface area contributed by atoms with Crippen molar-refractivity contribution >= 4 is 29.2 Å². The van der Waals surface area contributed by atoms with E-state index in [2.05, 4.69) is 85.8 Å². The van der Waals surface area contributed by atoms with Crippen molar-refractivity contribution in [2.75, 3.05) is 0 Å². The summed E-state index contributed by atoms with van der Waals surface area (Å²) in [6.07, 6.45) is 0. The zero-order chi connectivity index (χ0) is 14.7. The smallest absolute Gasteiger partial charge is 0.0656 e. The fourth-order valence-corrected chi connectivity index (χ4v) is 4.70. The summed E-state index contributed by atoms with van der Waals surface area (Å²) < 4.78 is 1.17. The van der Waals surface area contributed by atoms with Crippen molar-refractivity contribution in [2.24, 2.45) is 0 Å². The fraction of sp³-hybridized carbons (Fsp3) is 0.333. The summed E-state index contributed by atoms with van der Waals surface area (Å²) in [6, 6.07) is 13.8. The minimum absolute atomic E-state index is 0.101. The van der Waals surface area contributed by atoms with Gasteiger partial charge in [0.2, 0.25) is 0 Å². The summed E-state index contributed by atoms with van der Waals surface area (Å²) in [4.78, 5) is 0. The van der Waals surface area contributed by atoms with Crippen molar-refractivity contribution in [1.29, 1.82) is 0 Å². The quantitative estimate of drug-likeness (QED) is 0.615. The topological polar surface area (TPSA) is 0 Å². The minimum Gasteiger partial charge on any atom is -0.0656 e. The van der Waals surface area contributed by atoms with Crippen LogP contribution in [0.4, 0.5) is 0 Å². The van der Waals surface area contributed by atoms with Crippen LogP contribution in [0.3, 0.4) is 0 Å². The minimum atomic E-state index is -1.26. The lowest BCUT2D eigenvalue weighted by atomic mass is 9.82. The number of hydrogen-bond acceptors (Lipinski definition) is 0. The van der Waals surface area contributed by atoms with Gasteiger partial charge in [0.25, 0.3) is 0 Å². The first-order chi connectivity index (χ1) is 9.21. The Balaban J connectivity index is 2.27. The van der Waals surface area contributed by atoms with Gasteiger partial charge in [0.15, 0.2) is 0 Å². The van der Waals surface area contributed by atoms with Crippen LogP contribution in [0.15, 0.2) is 40.9 Å². The second kappa shape index (κ2) is 4.31. The van der Waals surface area contributed by atoms with E-state index in [-0.39, 0.29) is 5.41 Å². The van der Waals surface area contributed by atoms with E-state index in [1.165, 1.54) is 26.7 Å². The molecule has 1 aliphatic rings. The Labute approximate surface area is 131 Å². The molecule has 0 bridgehead atoms. The maximum atomic E-state index is 3.61. The monoisotopic (exact) mass is 344 g/mol. The van der Waals surface area contributed by atoms with Gasteiger partial charge in [-0.05, 0) is 34.4 Å². The van der Waals surface area contributed by atoms with E-state index in [4.69, 9.17) is 0 Å². The number of benzene rings is 2. The number of hydrogen-bond donors (Lipinski definition) is 0. The van der Waals surface area contributed by atoms with Crippen LogP contribution in [-0.2, 0) is 5.41 Å². The molecule has 0 aromatic heterocycles. The van der Waals surface area contributed by atoms with Gasteiger partial charge in [-0.25, -0.2) is 0 Å². The molecular weight excluding hydrogens is 324 g/mol. The van der Waals surface area contributed by atoms with Crippen LogP contribution >= 0.6 is 15.9 Å². The van der Waals surface area contributed by atoms with E-state index in [9.17, 15) is 0 Å². The van der Waals surface area contributed by atoms with E-state index < -0.39 is 8.07 Å². The summed E-state index contributed by atoms with van der Waals surface area (Å²) in [5, 5.41) is 1.55. The van der Waals surface area contributed by atoms with Gasteiger partial charge in [0, 0.05) is 9.89 Å². The van der Waals surface area contributed by atoms with Crippen molar-refractivity contribution in [3.8, 4) is 11.1 Å². The summed E-state index contributed by atoms with van der Waals surface area (Å²) in [5.41, 5.74) is 5.85. The average Bonchev–Trinajstić information content (AvgIpc) is 2.57. The molecule has 0 nitrogen and oxygen atoms in total. The Bertz CT molecular complexity index is 693. The van der Waals surface area contributed by atoms with Crippen LogP contribution in [0.25, 0.3) is 11.1 Å². The Morgan fingerprint density at radius 1 is 0.850 bits per heavy atom. The number of fused-ring (bicyclic) bond motifs is 3. The van der Waals surface area contributed by atoms with Crippen LogP contribution in [-0.4, -0.2) is 8.07 Å². The van der Waals surface area contributed by atoms with Gasteiger partial charge in [-0.2, -0.15) is 0 Å². The largest absolute Gasteiger partial charge is 0.0776 e. The van der Waals surface area contributed by atoms with Gasteiger partial charge in [-0.3, -0.25) is 0 Å². The highest BCUT2D eigenvalue weighted by Gasteiger charge is 2.36. The first kappa shape index (κ1) is 14.1. The van der Waals surface area contributed by atoms with Gasteiger partial charge in [0.05, 0.1) is 8.07 Å². The second-order valence-electron chi connectivity index (χ2n) is 7.33. The summed E-state index contributed by atoms with van der Waals surface area (Å²) >= 11 is 3.61. The molecule has 0 amide bonds. The highest BCUT2D eigenvalue weighted by Crippen LogP contribution is 2.48. The number of halogens is 1. The van der Waals surface area contributed by atoms with Crippen LogP contribution in [0.1, 0.15) is 25.0 Å². The SMILES string of the molecule is CC1(C)c2cc(Br)ccc2-c2ccc([Si](C)(C)C)cc21. The van der Waals surface area contributed by atoms with Crippen molar-refractivity contribution in [2.45, 2.75) is 38.9 Å². The lowest BCUT2D eigenvalue weighted by molar-refractivity contribution is 0.660. The Morgan fingerprint density at radius 3 is 2.00 bits per heavy atom. The Kier molecular flexibility index (Phi) is 3.04. The molecule has 3 rings (SSSR count). The molecule has 0 fully saturated rings. The predicted octanol–water partition coefficient (Wildman–Crippen LogP) is 5.30. The molecular formula is C18H21BrSi. The lowest BCUT2D eigenvalue weighted by Crippen LogP contribution is -2.38. The molecule has 0 saturated heterocycles. The third kappa shape index (κ3) is 2.01. The maximum Gasteiger partial charge on any atom is 0.0776 e. The highest BCUT2D eigenvalue weighted by molar-refractivity contribution is 9.10. The third-order valence-electron chi connectivity index (χ3n) is 4.50. The van der Waals surface area contributed by atoms with E-state index in [1.54, 1.807) is 5.19 Å². The van der Waals surface area contributed by atoms with Gasteiger partial charge >= 0.3 is 0 Å². The molecule has 2 heteroatoms. The molecule has 0 aliphatic heterocycles. The number of rotatable bonds is 1. The first-order valence-electron chi connectivity index (χ1n) is 7.17. The van der Waals surface area contributed by atoms with Gasteiger partial charge in [-0.15, -0.1) is 0 Å². The summed E-state index contributed by atoms with van der Waals surface area (Å²) in [7, 11) is -1.26. The molecule has 0 saturated carbocycles. The van der Waals surface area contributed by atoms with Crippen molar-refractivity contribution in [1.82, 2.24) is 0 Å². The van der Waals surface area contributed by atoms with Gasteiger partial charge < -0.3 is 0 Å². The molecule has 0 N–H and O–H groups in total. The highest BCUT2D eigenvalue weighted by atomic mass is 79.9. The molecule has 0 spiro atoms. The molecule has 20 heavy (non-hydrogen) atoms. The van der Waals surface area contributed by atoms with Gasteiger partial charge in [0.1, 0.15) is 0 Å². The maximum absolute atomic E-state index is 3.61. The van der Waals surface area contributed by atoms with E-state index in [0.29, 0.717) is 0 Å². The average molecular weight is 345 g/mol. The molecule has 2 aromatic rings. The molecule has 0 unspecified atom stereocenters. The van der Waals surface area contributed by atoms with E-state index in [1.807, 2.05) is 0 Å². The summed E-state index contributed by atoms with van der Waals surface area (Å²) in [6.45, 7) is 11.9. The van der Waals surface area contributed by atoms with E-state index >= 15 is 0 Å². The second-order valence-corrected chi connectivity index (χ2v) is 13.3.